The quantitative estimate of drug-likeness (QED) is 0.169. The molecule has 0 bridgehead atoms. The fraction of sp³-hybridized carbons (Fsp3) is 0.257. The smallest absolute Gasteiger partial charge is 0.247 e. The van der Waals surface area contributed by atoms with Gasteiger partial charge in [0.2, 0.25) is 11.8 Å². The molecule has 0 radical (unpaired) electrons. The van der Waals surface area contributed by atoms with Gasteiger partial charge < -0.3 is 14.5 Å². The monoisotopic (exact) mass is 642 g/mol. The van der Waals surface area contributed by atoms with Crippen LogP contribution in [0.15, 0.2) is 107 Å². The maximum absolute atomic E-state index is 13.9. The summed E-state index contributed by atoms with van der Waals surface area (Å²) in [6.45, 7) is 5.87. The van der Waals surface area contributed by atoms with Gasteiger partial charge >= 0.3 is 0 Å². The van der Waals surface area contributed by atoms with E-state index < -0.39 is 22.7 Å². The van der Waals surface area contributed by atoms with E-state index in [9.17, 15) is 18.8 Å². The Bertz CT molecular complexity index is 1690. The van der Waals surface area contributed by atoms with E-state index in [1.807, 2.05) is 26.8 Å². The van der Waals surface area contributed by atoms with E-state index in [4.69, 9.17) is 9.15 Å². The Labute approximate surface area is 271 Å². The summed E-state index contributed by atoms with van der Waals surface area (Å²) in [4.78, 5) is 45.7. The minimum atomic E-state index is -0.796. The second-order valence-electron chi connectivity index (χ2n) is 11.6. The summed E-state index contributed by atoms with van der Waals surface area (Å²) in [5.41, 5.74) is 1.68. The van der Waals surface area contributed by atoms with Gasteiger partial charge in [0, 0.05) is 11.3 Å². The third-order valence-electron chi connectivity index (χ3n) is 6.96. The molecule has 1 aromatic heterocycles. The molecule has 9 nitrogen and oxygen atoms in total. The summed E-state index contributed by atoms with van der Waals surface area (Å²) in [6, 6.07) is 24.4. The number of ether oxygens (including phenoxy) is 1. The Balaban J connectivity index is 1.29. The molecule has 1 aliphatic rings. The van der Waals surface area contributed by atoms with Gasteiger partial charge in [0.25, 0.3) is 0 Å². The average Bonchev–Trinajstić information content (AvgIpc) is 3.65. The van der Waals surface area contributed by atoms with Crippen LogP contribution >= 0.6 is 11.8 Å². The van der Waals surface area contributed by atoms with Crippen molar-refractivity contribution in [1.82, 2.24) is 10.2 Å². The highest BCUT2D eigenvalue weighted by atomic mass is 32.2. The lowest BCUT2D eigenvalue weighted by Gasteiger charge is -2.24. The number of carbonyl (C=O) groups is 3. The Morgan fingerprint density at radius 3 is 2.46 bits per heavy atom. The number of anilines is 1. The molecule has 11 heteroatoms. The zero-order valence-electron chi connectivity index (χ0n) is 25.7. The predicted octanol–water partition coefficient (Wildman–Crippen LogP) is 6.52. The summed E-state index contributed by atoms with van der Waals surface area (Å²) >= 11 is 1.26. The summed E-state index contributed by atoms with van der Waals surface area (Å²) < 4.78 is 25.2. The van der Waals surface area contributed by atoms with Gasteiger partial charge in [0.15, 0.2) is 11.0 Å². The Morgan fingerprint density at radius 1 is 1.02 bits per heavy atom. The number of Topliss-reactive ketones (excluding diaryl/α,β-unsaturated/α-hetero) is 1. The first-order valence-corrected chi connectivity index (χ1v) is 15.6. The molecular weight excluding hydrogens is 607 g/mol. The number of hydrogen-bond acceptors (Lipinski definition) is 8. The highest BCUT2D eigenvalue weighted by Gasteiger charge is 2.39. The second-order valence-corrected chi connectivity index (χ2v) is 12.7. The number of amidine groups is 1. The van der Waals surface area contributed by atoms with E-state index in [2.05, 4.69) is 15.6 Å². The standard InChI is InChI=1S/C35H35FN4O5S/c1-35(2,3)45-22-29(37-20-30(41)23-9-5-4-6-10-23)32(42)38-26-16-14-24(15-17-26)31-33(43)40(21-28-13-8-18-44-28)34(46-31)39-27-12-7-11-25(36)19-27/h4-19,29,31,37H,20-22H2,1-3H3,(H,38,42)/t29-,31?/m0/s1. The van der Waals surface area contributed by atoms with Crippen LogP contribution in [-0.4, -0.2) is 52.5 Å². The van der Waals surface area contributed by atoms with Crippen molar-refractivity contribution in [3.8, 4) is 0 Å². The lowest BCUT2D eigenvalue weighted by molar-refractivity contribution is -0.127. The molecule has 4 aromatic rings. The first-order chi connectivity index (χ1) is 22.1. The van der Waals surface area contributed by atoms with Gasteiger partial charge in [-0.3, -0.25) is 24.6 Å². The molecule has 1 fully saturated rings. The van der Waals surface area contributed by atoms with Crippen molar-refractivity contribution in [1.29, 1.82) is 0 Å². The van der Waals surface area contributed by atoms with E-state index in [1.165, 1.54) is 35.1 Å². The maximum Gasteiger partial charge on any atom is 0.247 e. The highest BCUT2D eigenvalue weighted by molar-refractivity contribution is 8.15. The molecule has 2 N–H and O–H groups in total. The Kier molecular flexibility index (Phi) is 10.5. The normalized spacial score (nSPS) is 16.5. The molecule has 2 heterocycles. The number of nitrogens with one attached hydrogen (secondary N) is 2. The number of ketones is 1. The number of benzene rings is 3. The summed E-state index contributed by atoms with van der Waals surface area (Å²) in [5, 5.41) is 5.75. The average molecular weight is 643 g/mol. The van der Waals surface area contributed by atoms with Crippen LogP contribution < -0.4 is 10.6 Å². The zero-order valence-corrected chi connectivity index (χ0v) is 26.6. The summed E-state index contributed by atoms with van der Waals surface area (Å²) in [7, 11) is 0. The van der Waals surface area contributed by atoms with Crippen LogP contribution in [0.1, 0.15) is 47.7 Å². The van der Waals surface area contributed by atoms with Gasteiger partial charge in [-0.25, -0.2) is 9.38 Å². The molecule has 0 saturated carbocycles. The van der Waals surface area contributed by atoms with Crippen molar-refractivity contribution in [2.45, 2.75) is 44.2 Å². The van der Waals surface area contributed by atoms with Gasteiger partial charge in [0.05, 0.1) is 37.2 Å². The van der Waals surface area contributed by atoms with Gasteiger partial charge in [-0.15, -0.1) is 0 Å². The number of furan rings is 1. The van der Waals surface area contributed by atoms with Crippen molar-refractivity contribution in [3.63, 3.8) is 0 Å². The predicted molar refractivity (Wildman–Crippen MR) is 176 cm³/mol. The second kappa shape index (κ2) is 14.7. The van der Waals surface area contributed by atoms with Crippen LogP contribution in [0.4, 0.5) is 15.8 Å². The summed E-state index contributed by atoms with van der Waals surface area (Å²) in [6.07, 6.45) is 1.54. The minimum absolute atomic E-state index is 0.0381. The summed E-state index contributed by atoms with van der Waals surface area (Å²) in [5.74, 6) is -0.534. The number of carbonyl (C=O) groups excluding carboxylic acids is 3. The van der Waals surface area contributed by atoms with E-state index >= 15 is 0 Å². The molecule has 238 valence electrons. The van der Waals surface area contributed by atoms with Gasteiger partial charge in [0.1, 0.15) is 22.9 Å². The van der Waals surface area contributed by atoms with Gasteiger partial charge in [-0.05, 0) is 68.8 Å². The van der Waals surface area contributed by atoms with E-state index in [0.29, 0.717) is 33.4 Å². The minimum Gasteiger partial charge on any atom is -0.467 e. The molecule has 2 atom stereocenters. The van der Waals surface area contributed by atoms with Crippen molar-refractivity contribution >= 4 is 45.9 Å². The van der Waals surface area contributed by atoms with E-state index in [-0.39, 0.29) is 37.3 Å². The van der Waals surface area contributed by atoms with Crippen LogP contribution in [0.25, 0.3) is 0 Å². The third kappa shape index (κ3) is 8.78. The SMILES string of the molecule is CC(C)(C)OC[C@H](NCC(=O)c1ccccc1)C(=O)Nc1ccc(C2SC(=Nc3cccc(F)c3)N(Cc3ccco3)C2=O)cc1. The lowest BCUT2D eigenvalue weighted by Crippen LogP contribution is -2.47. The number of amides is 2. The molecule has 2 amide bonds. The number of halogens is 1. The number of hydrogen-bond donors (Lipinski definition) is 2. The van der Waals surface area contributed by atoms with Crippen LogP contribution in [0, 0.1) is 5.82 Å². The van der Waals surface area contributed by atoms with Crippen LogP contribution in [-0.2, 0) is 20.9 Å². The van der Waals surface area contributed by atoms with Crippen LogP contribution in [0.3, 0.4) is 0 Å². The molecule has 5 rings (SSSR count). The van der Waals surface area contributed by atoms with Crippen LogP contribution in [0.5, 0.6) is 0 Å². The van der Waals surface area contributed by atoms with Gasteiger partial charge in [-0.2, -0.15) is 0 Å². The Morgan fingerprint density at radius 2 is 1.78 bits per heavy atom. The lowest BCUT2D eigenvalue weighted by atomic mass is 10.1. The van der Waals surface area contributed by atoms with Crippen molar-refractivity contribution < 1.29 is 27.9 Å². The van der Waals surface area contributed by atoms with Crippen molar-refractivity contribution in [2.75, 3.05) is 18.5 Å². The van der Waals surface area contributed by atoms with Crippen molar-refractivity contribution in [2.24, 2.45) is 4.99 Å². The molecule has 46 heavy (non-hydrogen) atoms. The zero-order chi connectivity index (χ0) is 32.7. The molecule has 1 saturated heterocycles. The fourth-order valence-electron chi connectivity index (χ4n) is 4.59. The van der Waals surface area contributed by atoms with E-state index in [0.717, 1.165) is 0 Å². The topological polar surface area (TPSA) is 113 Å². The van der Waals surface area contributed by atoms with Crippen molar-refractivity contribution in [3.05, 3.63) is 120 Å². The molecule has 1 aliphatic heterocycles. The number of rotatable bonds is 12. The first-order valence-electron chi connectivity index (χ1n) is 14.8. The Hall–Kier alpha value is -4.58. The first kappa shape index (κ1) is 32.8. The molecule has 0 aliphatic carbocycles. The largest absolute Gasteiger partial charge is 0.467 e. The number of nitrogens with zero attached hydrogens (tertiary/aromatic N) is 2. The van der Waals surface area contributed by atoms with Crippen LogP contribution in [0.2, 0.25) is 0 Å². The molecule has 0 spiro atoms. The third-order valence-corrected chi connectivity index (χ3v) is 8.19. The molecule has 1 unspecified atom stereocenters. The molecule has 3 aromatic carbocycles. The number of thioether (sulfide) groups is 1. The van der Waals surface area contributed by atoms with E-state index in [1.54, 1.807) is 72.8 Å². The molecular formula is C35H35FN4O5S. The van der Waals surface area contributed by atoms with Gasteiger partial charge in [-0.1, -0.05) is 60.3 Å². The highest BCUT2D eigenvalue weighted by Crippen LogP contribution is 2.41. The number of aliphatic imine (C=N–C) groups is 1. The maximum atomic E-state index is 13.9. The fourth-order valence-corrected chi connectivity index (χ4v) is 5.76.